The fraction of sp³-hybridized carbons (Fsp3) is 0. The highest BCUT2D eigenvalue weighted by Gasteiger charge is 2.28. The monoisotopic (exact) mass is 366 g/mol. The topological polar surface area (TPSA) is 278 Å². The Hall–Kier alpha value is -4.48. The second kappa shape index (κ2) is 6.20. The van der Waals surface area contributed by atoms with Gasteiger partial charge in [-0.2, -0.15) is 9.97 Å². The third-order valence-electron chi connectivity index (χ3n) is 2.62. The smallest absolute Gasteiger partial charge is 0.430 e. The van der Waals surface area contributed by atoms with Crippen LogP contribution in [0.1, 0.15) is 0 Å². The summed E-state index contributed by atoms with van der Waals surface area (Å²) >= 11 is 0. The Morgan fingerprint density at radius 3 is 2.00 bits per heavy atom. The fourth-order valence-electron chi connectivity index (χ4n) is 1.64. The van der Waals surface area contributed by atoms with Gasteiger partial charge in [0.2, 0.25) is 17.3 Å². The van der Waals surface area contributed by atoms with Gasteiger partial charge < -0.3 is 31.2 Å². The summed E-state index contributed by atoms with van der Waals surface area (Å²) in [5.74, 6) is -0.899. The first kappa shape index (κ1) is 16.4. The molecule has 0 amide bonds. The number of hydrogen-bond donors (Lipinski definition) is 2. The van der Waals surface area contributed by atoms with E-state index in [-0.39, 0.29) is 51.2 Å². The van der Waals surface area contributed by atoms with Crippen LogP contribution in [0.25, 0.3) is 23.0 Å². The second-order valence-electron chi connectivity index (χ2n) is 4.16. The van der Waals surface area contributed by atoms with Crippen molar-refractivity contribution in [1.82, 2.24) is 40.9 Å². The van der Waals surface area contributed by atoms with Gasteiger partial charge in [0.25, 0.3) is 11.5 Å². The van der Waals surface area contributed by atoms with E-state index >= 15 is 0 Å². The summed E-state index contributed by atoms with van der Waals surface area (Å²) < 4.78 is 18.2. The third kappa shape index (κ3) is 2.73. The molecule has 0 atom stereocenters. The van der Waals surface area contributed by atoms with E-state index in [4.69, 9.17) is 11.5 Å². The van der Waals surface area contributed by atoms with Crippen LogP contribution >= 0.6 is 0 Å². The van der Waals surface area contributed by atoms with Crippen molar-refractivity contribution in [2.45, 2.75) is 0 Å². The highest BCUT2D eigenvalue weighted by atomic mass is 16.6. The molecule has 4 aromatic rings. The van der Waals surface area contributed by atoms with E-state index in [1.165, 1.54) is 0 Å². The summed E-state index contributed by atoms with van der Waals surface area (Å²) in [6.45, 7) is 0. The molecule has 0 radical (unpaired) electrons. The standard InChI is InChI=1S/C8H4N12O5.H2O/c9-7-11-3(16-22-7)1-5(18-24-14-1)13-20(21)6-2(15-25-19-6)4-12-8(10)23-17-4;/h(H2,9,11,16)(H2,10,12,17);1H2. The average Bonchev–Trinajstić information content (AvgIpc) is 3.32. The summed E-state index contributed by atoms with van der Waals surface area (Å²) in [6, 6.07) is -0.461. The van der Waals surface area contributed by atoms with E-state index in [2.05, 4.69) is 64.3 Å². The zero-order valence-corrected chi connectivity index (χ0v) is 12.2. The SMILES string of the molecule is Nc1nc(-c2nonc2N=[N+]([O-])c2nonc2-c2noc(N)n2)no1.O. The van der Waals surface area contributed by atoms with Crippen LogP contribution in [0.2, 0.25) is 0 Å². The molecule has 26 heavy (non-hydrogen) atoms. The zero-order chi connectivity index (χ0) is 17.4. The summed E-state index contributed by atoms with van der Waals surface area (Å²) in [7, 11) is 0. The first-order chi connectivity index (χ1) is 12.1. The molecule has 0 aliphatic carbocycles. The minimum atomic E-state index is -0.401. The molecular formula is C8H6N12O6. The number of hydrogen-bond acceptors (Lipinski definition) is 16. The molecular weight excluding hydrogens is 360 g/mol. The van der Waals surface area contributed by atoms with Crippen LogP contribution in [0.15, 0.2) is 23.4 Å². The van der Waals surface area contributed by atoms with E-state index in [9.17, 15) is 5.21 Å². The molecule has 0 saturated heterocycles. The minimum Gasteiger partial charge on any atom is -0.690 e. The van der Waals surface area contributed by atoms with Crippen molar-refractivity contribution in [2.24, 2.45) is 5.11 Å². The van der Waals surface area contributed by atoms with Crippen molar-refractivity contribution < 1.29 is 28.6 Å². The van der Waals surface area contributed by atoms with Gasteiger partial charge in [0, 0.05) is 0 Å². The number of azo groups is 1. The van der Waals surface area contributed by atoms with E-state index in [0.29, 0.717) is 0 Å². The van der Waals surface area contributed by atoms with Gasteiger partial charge in [-0.1, -0.05) is 15.4 Å². The molecule has 0 aromatic carbocycles. The van der Waals surface area contributed by atoms with Crippen LogP contribution in [-0.2, 0) is 0 Å². The summed E-state index contributed by atoms with van der Waals surface area (Å²) in [5, 5.41) is 36.7. The van der Waals surface area contributed by atoms with Gasteiger partial charge >= 0.3 is 17.8 Å². The maximum Gasteiger partial charge on any atom is 0.430 e. The van der Waals surface area contributed by atoms with Crippen molar-refractivity contribution in [3.05, 3.63) is 5.21 Å². The highest BCUT2D eigenvalue weighted by molar-refractivity contribution is 5.61. The van der Waals surface area contributed by atoms with Crippen LogP contribution in [0.5, 0.6) is 0 Å². The molecule has 18 nitrogen and oxygen atoms in total. The van der Waals surface area contributed by atoms with Gasteiger partial charge in [-0.25, -0.2) is 4.63 Å². The van der Waals surface area contributed by atoms with Gasteiger partial charge in [-0.3, -0.25) is 0 Å². The second-order valence-corrected chi connectivity index (χ2v) is 4.16. The molecule has 4 aromatic heterocycles. The van der Waals surface area contributed by atoms with Gasteiger partial charge in [0.15, 0.2) is 5.16 Å². The molecule has 0 saturated carbocycles. The predicted molar refractivity (Wildman–Crippen MR) is 73.0 cm³/mol. The van der Waals surface area contributed by atoms with E-state index in [1.807, 2.05) is 0 Å². The van der Waals surface area contributed by atoms with Gasteiger partial charge in [0.05, 0.1) is 0 Å². The van der Waals surface area contributed by atoms with Crippen LogP contribution in [0.3, 0.4) is 0 Å². The fourth-order valence-corrected chi connectivity index (χ4v) is 1.64. The van der Waals surface area contributed by atoms with E-state index in [0.717, 1.165) is 0 Å². The lowest BCUT2D eigenvalue weighted by molar-refractivity contribution is -0.440. The number of nitrogens with two attached hydrogens (primary N) is 2. The Labute approximate surface area is 139 Å². The van der Waals surface area contributed by atoms with Gasteiger partial charge in [0.1, 0.15) is 0 Å². The molecule has 6 N–H and O–H groups in total. The van der Waals surface area contributed by atoms with Crippen LogP contribution < -0.4 is 11.5 Å². The summed E-state index contributed by atoms with van der Waals surface area (Å²) in [4.78, 5) is 7.43. The lowest BCUT2D eigenvalue weighted by Crippen LogP contribution is -1.95. The Morgan fingerprint density at radius 2 is 1.38 bits per heavy atom. The third-order valence-corrected chi connectivity index (χ3v) is 2.62. The van der Waals surface area contributed by atoms with Crippen molar-refractivity contribution in [1.29, 1.82) is 0 Å². The quantitative estimate of drug-likeness (QED) is 0.244. The molecule has 134 valence electrons. The number of rotatable bonds is 4. The number of aromatic nitrogens is 8. The molecule has 0 aliphatic heterocycles. The van der Waals surface area contributed by atoms with Crippen molar-refractivity contribution in [3.63, 3.8) is 0 Å². The Kier molecular flexibility index (Phi) is 3.90. The van der Waals surface area contributed by atoms with Gasteiger partial charge in [-0.15, -0.1) is 9.49 Å². The maximum atomic E-state index is 12.2. The summed E-state index contributed by atoms with van der Waals surface area (Å²) in [5.41, 5.74) is 10.4. The molecule has 4 rings (SSSR count). The summed E-state index contributed by atoms with van der Waals surface area (Å²) in [6.07, 6.45) is 0. The predicted octanol–water partition coefficient (Wildman–Crippen LogP) is -1.18. The first-order valence-corrected chi connectivity index (χ1v) is 6.15. The van der Waals surface area contributed by atoms with Crippen molar-refractivity contribution in [2.75, 3.05) is 11.5 Å². The number of nitrogens with zero attached hydrogens (tertiary/aromatic N) is 10. The molecule has 4 heterocycles. The number of nitrogen functional groups attached to an aromatic ring is 2. The van der Waals surface area contributed by atoms with Crippen LogP contribution in [-0.4, -0.2) is 51.2 Å². The lowest BCUT2D eigenvalue weighted by atomic mass is 10.4. The Morgan fingerprint density at radius 1 is 0.808 bits per heavy atom. The number of anilines is 2. The van der Waals surface area contributed by atoms with E-state index in [1.54, 1.807) is 0 Å². The van der Waals surface area contributed by atoms with Gasteiger partial charge in [-0.05, 0) is 15.5 Å². The van der Waals surface area contributed by atoms with Crippen molar-refractivity contribution in [3.8, 4) is 23.0 Å². The normalized spacial score (nSPS) is 11.5. The maximum absolute atomic E-state index is 12.2. The molecule has 18 heteroatoms. The Bertz CT molecular complexity index is 1060. The molecule has 0 unspecified atom stereocenters. The van der Waals surface area contributed by atoms with Crippen molar-refractivity contribution >= 4 is 23.7 Å². The molecule has 0 aliphatic rings. The van der Waals surface area contributed by atoms with Crippen LogP contribution in [0, 0.1) is 5.21 Å². The molecule has 0 bridgehead atoms. The van der Waals surface area contributed by atoms with E-state index < -0.39 is 5.82 Å². The average molecular weight is 366 g/mol. The zero-order valence-electron chi connectivity index (χ0n) is 12.2. The molecule has 0 spiro atoms. The van der Waals surface area contributed by atoms with Crippen LogP contribution in [0.4, 0.5) is 23.7 Å². The highest BCUT2D eigenvalue weighted by Crippen LogP contribution is 2.28. The molecule has 0 fully saturated rings. The Balaban J connectivity index is 0.00000196. The lowest BCUT2D eigenvalue weighted by Gasteiger charge is -1.98. The minimum absolute atomic E-state index is 0. The largest absolute Gasteiger partial charge is 0.690 e. The first-order valence-electron chi connectivity index (χ1n) is 6.15.